The molecule has 0 bridgehead atoms. The van der Waals surface area contributed by atoms with Crippen LogP contribution in [0.5, 0.6) is 0 Å². The largest absolute Gasteiger partial charge is 0.376 e. The van der Waals surface area contributed by atoms with Crippen LogP contribution in [-0.4, -0.2) is 38.3 Å². The Labute approximate surface area is 72.0 Å². The molecule has 4 nitrogen and oxygen atoms in total. The molecule has 2 atom stereocenters. The molecule has 1 spiro atoms. The van der Waals surface area contributed by atoms with Crippen LogP contribution in [0.25, 0.3) is 0 Å². The van der Waals surface area contributed by atoms with Crippen LogP contribution in [-0.2, 0) is 14.2 Å². The summed E-state index contributed by atoms with van der Waals surface area (Å²) in [5, 5.41) is 0. The molecule has 0 radical (unpaired) electrons. The van der Waals surface area contributed by atoms with E-state index in [4.69, 9.17) is 19.9 Å². The maximum atomic E-state index is 5.67. The van der Waals surface area contributed by atoms with Crippen molar-refractivity contribution in [3.8, 4) is 0 Å². The predicted octanol–water partition coefficient (Wildman–Crippen LogP) is -0.133. The molecule has 2 fully saturated rings. The lowest BCUT2D eigenvalue weighted by Crippen LogP contribution is -2.40. The van der Waals surface area contributed by atoms with Gasteiger partial charge in [-0.3, -0.25) is 0 Å². The molecular weight excluding hydrogens is 158 g/mol. The highest BCUT2D eigenvalue weighted by atomic mass is 16.8. The number of hydrogen-bond donors (Lipinski definition) is 1. The standard InChI is InChI=1S/C8H15NO3/c9-4-7-5-11-8(12-7)2-1-3-10-6-8/h7H,1-6,9H2. The van der Waals surface area contributed by atoms with Crippen LogP contribution in [0.1, 0.15) is 12.8 Å². The first-order valence-electron chi connectivity index (χ1n) is 4.44. The van der Waals surface area contributed by atoms with Gasteiger partial charge in [0, 0.05) is 19.6 Å². The predicted molar refractivity (Wildman–Crippen MR) is 42.7 cm³/mol. The highest BCUT2D eigenvalue weighted by Crippen LogP contribution is 2.31. The van der Waals surface area contributed by atoms with E-state index in [-0.39, 0.29) is 6.10 Å². The molecule has 4 heteroatoms. The smallest absolute Gasteiger partial charge is 0.192 e. The van der Waals surface area contributed by atoms with Crippen molar-refractivity contribution in [2.75, 3.05) is 26.4 Å². The van der Waals surface area contributed by atoms with Gasteiger partial charge in [-0.15, -0.1) is 0 Å². The van der Waals surface area contributed by atoms with Gasteiger partial charge in [0.05, 0.1) is 12.7 Å². The van der Waals surface area contributed by atoms with Gasteiger partial charge in [-0.05, 0) is 6.42 Å². The fourth-order valence-electron chi connectivity index (χ4n) is 1.68. The number of ether oxygens (including phenoxy) is 3. The van der Waals surface area contributed by atoms with Gasteiger partial charge >= 0.3 is 0 Å². The monoisotopic (exact) mass is 173 g/mol. The van der Waals surface area contributed by atoms with Gasteiger partial charge in [0.2, 0.25) is 0 Å². The summed E-state index contributed by atoms with van der Waals surface area (Å²) in [5.74, 6) is -0.456. The van der Waals surface area contributed by atoms with E-state index in [1.165, 1.54) is 0 Å². The molecule has 0 aliphatic carbocycles. The average Bonchev–Trinajstić information content (AvgIpc) is 2.50. The molecule has 0 aromatic rings. The summed E-state index contributed by atoms with van der Waals surface area (Å²) in [6.07, 6.45) is 2.01. The normalized spacial score (nSPS) is 42.2. The van der Waals surface area contributed by atoms with E-state index < -0.39 is 5.79 Å². The van der Waals surface area contributed by atoms with Crippen LogP contribution in [0.3, 0.4) is 0 Å². The molecular formula is C8H15NO3. The average molecular weight is 173 g/mol. The summed E-state index contributed by atoms with van der Waals surface area (Å²) < 4.78 is 16.5. The Morgan fingerprint density at radius 3 is 3.00 bits per heavy atom. The van der Waals surface area contributed by atoms with Crippen molar-refractivity contribution in [3.63, 3.8) is 0 Å². The Hall–Kier alpha value is -0.160. The third kappa shape index (κ3) is 1.47. The maximum absolute atomic E-state index is 5.67. The van der Waals surface area contributed by atoms with E-state index in [1.54, 1.807) is 0 Å². The molecule has 2 aliphatic heterocycles. The lowest BCUT2D eigenvalue weighted by atomic mass is 10.1. The summed E-state index contributed by atoms with van der Waals surface area (Å²) in [7, 11) is 0. The third-order valence-corrected chi connectivity index (χ3v) is 2.34. The van der Waals surface area contributed by atoms with Crippen LogP contribution in [0.4, 0.5) is 0 Å². The van der Waals surface area contributed by atoms with Gasteiger partial charge in [-0.2, -0.15) is 0 Å². The summed E-state index contributed by atoms with van der Waals surface area (Å²) in [6, 6.07) is 0. The molecule has 0 amide bonds. The third-order valence-electron chi connectivity index (χ3n) is 2.34. The van der Waals surface area contributed by atoms with E-state index in [2.05, 4.69) is 0 Å². The van der Waals surface area contributed by atoms with Crippen LogP contribution < -0.4 is 5.73 Å². The van der Waals surface area contributed by atoms with E-state index in [0.29, 0.717) is 19.8 Å². The van der Waals surface area contributed by atoms with Crippen LogP contribution in [0, 0.1) is 0 Å². The lowest BCUT2D eigenvalue weighted by molar-refractivity contribution is -0.224. The summed E-state index contributed by atoms with van der Waals surface area (Å²) >= 11 is 0. The number of rotatable bonds is 1. The minimum absolute atomic E-state index is 0.0618. The Balaban J connectivity index is 1.94. The van der Waals surface area contributed by atoms with Gasteiger partial charge in [-0.1, -0.05) is 0 Å². The second-order valence-corrected chi connectivity index (χ2v) is 3.35. The quantitative estimate of drug-likeness (QED) is 0.600. The van der Waals surface area contributed by atoms with Crippen molar-refractivity contribution >= 4 is 0 Å². The molecule has 2 rings (SSSR count). The van der Waals surface area contributed by atoms with Gasteiger partial charge in [-0.25, -0.2) is 0 Å². The van der Waals surface area contributed by atoms with Crippen molar-refractivity contribution in [2.45, 2.75) is 24.7 Å². The van der Waals surface area contributed by atoms with E-state index in [1.807, 2.05) is 0 Å². The lowest BCUT2D eigenvalue weighted by Gasteiger charge is -2.31. The highest BCUT2D eigenvalue weighted by Gasteiger charge is 2.42. The van der Waals surface area contributed by atoms with Gasteiger partial charge in [0.15, 0.2) is 5.79 Å². The second-order valence-electron chi connectivity index (χ2n) is 3.35. The van der Waals surface area contributed by atoms with Crippen molar-refractivity contribution in [3.05, 3.63) is 0 Å². The fourth-order valence-corrected chi connectivity index (χ4v) is 1.68. The molecule has 2 unspecified atom stereocenters. The van der Waals surface area contributed by atoms with E-state index in [0.717, 1.165) is 19.4 Å². The highest BCUT2D eigenvalue weighted by molar-refractivity contribution is 4.81. The topological polar surface area (TPSA) is 53.7 Å². The van der Waals surface area contributed by atoms with Crippen molar-refractivity contribution in [1.29, 1.82) is 0 Å². The first-order valence-corrected chi connectivity index (χ1v) is 4.44. The van der Waals surface area contributed by atoms with Crippen LogP contribution in [0.15, 0.2) is 0 Å². The molecule has 0 aromatic heterocycles. The molecule has 2 saturated heterocycles. The van der Waals surface area contributed by atoms with E-state index in [9.17, 15) is 0 Å². The molecule has 2 heterocycles. The van der Waals surface area contributed by atoms with Crippen LogP contribution >= 0.6 is 0 Å². The van der Waals surface area contributed by atoms with Crippen molar-refractivity contribution in [2.24, 2.45) is 5.73 Å². The minimum atomic E-state index is -0.456. The molecule has 0 aromatic carbocycles. The SMILES string of the molecule is NCC1COC2(CCCOC2)O1. The Morgan fingerprint density at radius 1 is 1.50 bits per heavy atom. The molecule has 2 N–H and O–H groups in total. The first kappa shape index (κ1) is 8.44. The summed E-state index contributed by atoms with van der Waals surface area (Å²) in [5.41, 5.74) is 5.48. The van der Waals surface area contributed by atoms with E-state index >= 15 is 0 Å². The number of hydrogen-bond acceptors (Lipinski definition) is 4. The Morgan fingerprint density at radius 2 is 2.42 bits per heavy atom. The summed E-state index contributed by atoms with van der Waals surface area (Å²) in [4.78, 5) is 0. The summed E-state index contributed by atoms with van der Waals surface area (Å²) in [6.45, 7) is 2.52. The first-order chi connectivity index (χ1) is 5.85. The van der Waals surface area contributed by atoms with Crippen LogP contribution in [0.2, 0.25) is 0 Å². The molecule has 0 saturated carbocycles. The zero-order valence-corrected chi connectivity index (χ0v) is 7.12. The second kappa shape index (κ2) is 3.30. The van der Waals surface area contributed by atoms with Gasteiger partial charge < -0.3 is 19.9 Å². The zero-order valence-electron chi connectivity index (χ0n) is 7.12. The molecule has 12 heavy (non-hydrogen) atoms. The van der Waals surface area contributed by atoms with Gasteiger partial charge in [0.25, 0.3) is 0 Å². The van der Waals surface area contributed by atoms with Crippen molar-refractivity contribution < 1.29 is 14.2 Å². The minimum Gasteiger partial charge on any atom is -0.376 e. The molecule has 70 valence electrons. The molecule has 2 aliphatic rings. The Bertz CT molecular complexity index is 156. The maximum Gasteiger partial charge on any atom is 0.192 e. The zero-order chi connectivity index (χ0) is 8.44. The number of nitrogens with two attached hydrogens (primary N) is 1. The Kier molecular flexibility index (Phi) is 2.32. The fraction of sp³-hybridized carbons (Fsp3) is 1.00. The van der Waals surface area contributed by atoms with Crippen molar-refractivity contribution in [1.82, 2.24) is 0 Å². The van der Waals surface area contributed by atoms with Gasteiger partial charge in [0.1, 0.15) is 6.61 Å².